The molecule has 0 aliphatic heterocycles. The fourth-order valence-electron chi connectivity index (χ4n) is 2.26. The largest absolute Gasteiger partial charge is 0.465 e. The Morgan fingerprint density at radius 2 is 2.17 bits per heavy atom. The molecule has 122 valence electrons. The molecule has 0 radical (unpaired) electrons. The Bertz CT molecular complexity index is 860. The van der Waals surface area contributed by atoms with E-state index in [1.165, 1.54) is 6.08 Å². The Morgan fingerprint density at radius 1 is 1.25 bits per heavy atom. The van der Waals surface area contributed by atoms with Gasteiger partial charge < -0.3 is 15.1 Å². The zero-order chi connectivity index (χ0) is 16.8. The van der Waals surface area contributed by atoms with Crippen molar-refractivity contribution >= 4 is 40.2 Å². The third-order valence-corrected chi connectivity index (χ3v) is 3.62. The molecular formula is C18H16ClN3O2. The van der Waals surface area contributed by atoms with Crippen LogP contribution in [0.15, 0.2) is 59.4 Å². The molecule has 0 saturated carbocycles. The molecule has 0 bridgehead atoms. The molecule has 1 aromatic carbocycles. The van der Waals surface area contributed by atoms with Gasteiger partial charge >= 0.3 is 0 Å². The van der Waals surface area contributed by atoms with Crippen LogP contribution in [0.1, 0.15) is 5.76 Å². The molecule has 0 unspecified atom stereocenters. The Morgan fingerprint density at radius 3 is 3.00 bits per heavy atom. The Balaban J connectivity index is 1.51. The van der Waals surface area contributed by atoms with Crippen molar-refractivity contribution in [3.63, 3.8) is 0 Å². The highest BCUT2D eigenvalue weighted by molar-refractivity contribution is 6.31. The first-order valence-corrected chi connectivity index (χ1v) is 7.88. The van der Waals surface area contributed by atoms with Gasteiger partial charge in [0.05, 0.1) is 11.8 Å². The van der Waals surface area contributed by atoms with Crippen molar-refractivity contribution in [1.29, 1.82) is 0 Å². The second-order valence-corrected chi connectivity index (χ2v) is 5.52. The highest BCUT2D eigenvalue weighted by Gasteiger charge is 2.02. The van der Waals surface area contributed by atoms with E-state index in [1.807, 2.05) is 24.3 Å². The smallest absolute Gasteiger partial charge is 0.244 e. The summed E-state index contributed by atoms with van der Waals surface area (Å²) in [5.74, 6) is 0.477. The number of hydrogen-bond donors (Lipinski definition) is 2. The number of hydrogen-bond acceptors (Lipinski definition) is 4. The van der Waals surface area contributed by atoms with Crippen molar-refractivity contribution in [2.24, 2.45) is 0 Å². The summed E-state index contributed by atoms with van der Waals surface area (Å²) in [6.07, 6.45) is 6.37. The van der Waals surface area contributed by atoms with Gasteiger partial charge in [0.1, 0.15) is 5.76 Å². The third kappa shape index (κ3) is 4.14. The number of fused-ring (bicyclic) bond motifs is 1. The molecule has 2 heterocycles. The maximum absolute atomic E-state index is 11.7. The van der Waals surface area contributed by atoms with Crippen LogP contribution in [0.2, 0.25) is 5.02 Å². The van der Waals surface area contributed by atoms with Gasteiger partial charge in [-0.1, -0.05) is 11.6 Å². The second kappa shape index (κ2) is 7.66. The number of amides is 1. The minimum atomic E-state index is -0.167. The van der Waals surface area contributed by atoms with Crippen LogP contribution in [0.5, 0.6) is 0 Å². The molecule has 2 aromatic heterocycles. The number of aromatic nitrogens is 1. The molecule has 6 heteroatoms. The van der Waals surface area contributed by atoms with Crippen molar-refractivity contribution in [2.45, 2.75) is 0 Å². The molecule has 0 saturated heterocycles. The number of furan rings is 1. The minimum Gasteiger partial charge on any atom is -0.465 e. The molecule has 0 aliphatic rings. The predicted octanol–water partition coefficient (Wildman–Crippen LogP) is 3.72. The molecule has 0 fully saturated rings. The van der Waals surface area contributed by atoms with Gasteiger partial charge in [0.25, 0.3) is 0 Å². The summed E-state index contributed by atoms with van der Waals surface area (Å²) < 4.78 is 5.12. The number of carbonyl (C=O) groups excluding carboxylic acids is 1. The van der Waals surface area contributed by atoms with E-state index in [0.717, 1.165) is 16.6 Å². The van der Waals surface area contributed by atoms with Gasteiger partial charge in [0.15, 0.2) is 0 Å². The summed E-state index contributed by atoms with van der Waals surface area (Å²) >= 11 is 5.98. The first-order valence-electron chi connectivity index (χ1n) is 7.50. The van der Waals surface area contributed by atoms with Gasteiger partial charge in [0, 0.05) is 41.5 Å². The molecule has 0 spiro atoms. The number of halogens is 1. The fraction of sp³-hybridized carbons (Fsp3) is 0.111. The summed E-state index contributed by atoms with van der Waals surface area (Å²) in [5, 5.41) is 7.74. The summed E-state index contributed by atoms with van der Waals surface area (Å²) in [5.41, 5.74) is 1.79. The second-order valence-electron chi connectivity index (χ2n) is 5.09. The number of benzene rings is 1. The standard InChI is InChI=1S/C18H16ClN3O2/c19-13-3-5-15-16(7-8-20-17(15)12-13)21-9-10-22-18(23)6-4-14-2-1-11-24-14/h1-8,11-12H,9-10H2,(H,20,21)(H,22,23)/b6-4+. The predicted molar refractivity (Wildman–Crippen MR) is 96.0 cm³/mol. The zero-order valence-electron chi connectivity index (χ0n) is 12.8. The van der Waals surface area contributed by atoms with Gasteiger partial charge in [-0.2, -0.15) is 0 Å². The summed E-state index contributed by atoms with van der Waals surface area (Å²) in [7, 11) is 0. The number of pyridine rings is 1. The van der Waals surface area contributed by atoms with E-state index in [-0.39, 0.29) is 5.91 Å². The van der Waals surface area contributed by atoms with Crippen LogP contribution in [-0.2, 0) is 4.79 Å². The number of anilines is 1. The molecular weight excluding hydrogens is 326 g/mol. The molecule has 5 nitrogen and oxygen atoms in total. The first-order chi connectivity index (χ1) is 11.7. The first kappa shape index (κ1) is 16.1. The third-order valence-electron chi connectivity index (χ3n) is 3.39. The molecule has 3 rings (SSSR count). The van der Waals surface area contributed by atoms with Crippen LogP contribution in [0, 0.1) is 0 Å². The lowest BCUT2D eigenvalue weighted by atomic mass is 10.2. The van der Waals surface area contributed by atoms with E-state index in [2.05, 4.69) is 15.6 Å². The average Bonchev–Trinajstić information content (AvgIpc) is 3.10. The quantitative estimate of drug-likeness (QED) is 0.529. The summed E-state index contributed by atoms with van der Waals surface area (Å²) in [4.78, 5) is 16.0. The van der Waals surface area contributed by atoms with E-state index in [1.54, 1.807) is 30.7 Å². The van der Waals surface area contributed by atoms with Gasteiger partial charge in [0.2, 0.25) is 5.91 Å². The maximum atomic E-state index is 11.7. The van der Waals surface area contributed by atoms with Crippen LogP contribution in [0.3, 0.4) is 0 Å². The summed E-state index contributed by atoms with van der Waals surface area (Å²) in [6, 6.07) is 11.0. The number of rotatable bonds is 6. The van der Waals surface area contributed by atoms with Crippen molar-refractivity contribution in [3.05, 3.63) is 65.7 Å². The molecule has 0 atom stereocenters. The van der Waals surface area contributed by atoms with Crippen molar-refractivity contribution in [1.82, 2.24) is 10.3 Å². The highest BCUT2D eigenvalue weighted by atomic mass is 35.5. The van der Waals surface area contributed by atoms with Gasteiger partial charge in [-0.25, -0.2) is 0 Å². The minimum absolute atomic E-state index is 0.167. The SMILES string of the molecule is O=C(/C=C/c1ccco1)NCCNc1ccnc2cc(Cl)ccc12. The lowest BCUT2D eigenvalue weighted by molar-refractivity contribution is -0.116. The van der Waals surface area contributed by atoms with Gasteiger partial charge in [-0.15, -0.1) is 0 Å². The average molecular weight is 342 g/mol. The van der Waals surface area contributed by atoms with E-state index in [4.69, 9.17) is 16.0 Å². The van der Waals surface area contributed by atoms with Crippen molar-refractivity contribution < 1.29 is 9.21 Å². The Hall–Kier alpha value is -2.79. The zero-order valence-corrected chi connectivity index (χ0v) is 13.6. The monoisotopic (exact) mass is 341 g/mol. The normalized spacial score (nSPS) is 11.0. The molecule has 1 amide bonds. The van der Waals surface area contributed by atoms with Crippen LogP contribution in [0.25, 0.3) is 17.0 Å². The number of carbonyl (C=O) groups is 1. The molecule has 0 aliphatic carbocycles. The molecule has 3 aromatic rings. The van der Waals surface area contributed by atoms with Crippen LogP contribution >= 0.6 is 11.6 Å². The van der Waals surface area contributed by atoms with Crippen LogP contribution in [0.4, 0.5) is 5.69 Å². The van der Waals surface area contributed by atoms with Crippen molar-refractivity contribution in [2.75, 3.05) is 18.4 Å². The Kier molecular flexibility index (Phi) is 5.13. The Labute approximate surface area is 144 Å². The lowest BCUT2D eigenvalue weighted by Crippen LogP contribution is -2.27. The van der Waals surface area contributed by atoms with E-state index >= 15 is 0 Å². The van der Waals surface area contributed by atoms with Crippen LogP contribution in [-0.4, -0.2) is 24.0 Å². The van der Waals surface area contributed by atoms with E-state index in [9.17, 15) is 4.79 Å². The fourth-order valence-corrected chi connectivity index (χ4v) is 2.43. The lowest BCUT2D eigenvalue weighted by Gasteiger charge is -2.09. The molecule has 2 N–H and O–H groups in total. The van der Waals surface area contributed by atoms with Crippen molar-refractivity contribution in [3.8, 4) is 0 Å². The number of nitrogens with zero attached hydrogens (tertiary/aromatic N) is 1. The topological polar surface area (TPSA) is 67.2 Å². The van der Waals surface area contributed by atoms with Gasteiger partial charge in [-0.3, -0.25) is 9.78 Å². The number of nitrogens with one attached hydrogen (secondary N) is 2. The maximum Gasteiger partial charge on any atom is 0.244 e. The highest BCUT2D eigenvalue weighted by Crippen LogP contribution is 2.23. The van der Waals surface area contributed by atoms with Gasteiger partial charge in [-0.05, 0) is 42.5 Å². The summed E-state index contributed by atoms with van der Waals surface area (Å²) in [6.45, 7) is 1.10. The van der Waals surface area contributed by atoms with E-state index < -0.39 is 0 Å². The molecule has 24 heavy (non-hydrogen) atoms. The van der Waals surface area contributed by atoms with Crippen LogP contribution < -0.4 is 10.6 Å². The van der Waals surface area contributed by atoms with E-state index in [0.29, 0.717) is 23.9 Å².